The van der Waals surface area contributed by atoms with Gasteiger partial charge in [-0.2, -0.15) is 5.26 Å². The number of halogens is 1. The van der Waals surface area contributed by atoms with Crippen molar-refractivity contribution < 1.29 is 4.39 Å². The molecule has 0 N–H and O–H groups in total. The van der Waals surface area contributed by atoms with E-state index in [0.29, 0.717) is 57.6 Å². The molecule has 0 spiro atoms. The van der Waals surface area contributed by atoms with Crippen LogP contribution in [0.2, 0.25) is 0 Å². The third-order valence-corrected chi connectivity index (χ3v) is 18.6. The van der Waals surface area contributed by atoms with Crippen LogP contribution in [0.1, 0.15) is 172 Å². The largest absolute Gasteiger partial charge is 0.238 e. The summed E-state index contributed by atoms with van der Waals surface area (Å²) in [5.74, 6) is 11.3. The van der Waals surface area contributed by atoms with Crippen molar-refractivity contribution in [3.05, 3.63) is 334 Å². The van der Waals surface area contributed by atoms with Gasteiger partial charge in [0.05, 0.1) is 18.2 Å². The zero-order valence-corrected chi connectivity index (χ0v) is 69.5. The summed E-state index contributed by atoms with van der Waals surface area (Å²) in [5.41, 5.74) is 18.9. The third-order valence-electron chi connectivity index (χ3n) is 18.6. The van der Waals surface area contributed by atoms with Crippen molar-refractivity contribution in [2.45, 2.75) is 147 Å². The first-order chi connectivity index (χ1) is 56.2. The fourth-order valence-corrected chi connectivity index (χ4v) is 12.1. The second kappa shape index (κ2) is 39.3. The average Bonchev–Trinajstić information content (AvgIpc) is 0.819. The van der Waals surface area contributed by atoms with Gasteiger partial charge in [0.15, 0.2) is 63.9 Å². The van der Waals surface area contributed by atoms with Gasteiger partial charge in [0, 0.05) is 85.2 Å². The van der Waals surface area contributed by atoms with Gasteiger partial charge in [-0.05, 0) is 108 Å². The number of aryl methyl sites for hydroxylation is 7. The van der Waals surface area contributed by atoms with Gasteiger partial charge < -0.3 is 0 Å². The maximum absolute atomic E-state index is 13.5. The van der Waals surface area contributed by atoms with Crippen LogP contribution in [-0.4, -0.2) is 74.8 Å². The van der Waals surface area contributed by atoms with E-state index in [-0.39, 0.29) is 35.4 Å². The molecule has 0 atom stereocenters. The standard InChI is InChI=1S/2C20H18N4.2C20H21N3.C19H18FN3/c1-13(2)18-22-19(15-7-5-14(3)6-8-15)24-20(23-18)16-9-11-17(21-4)12-10-16;1-13(2)18-22-19(16-8-4-6-14(3)10-16)24-20(23-18)17-9-5-7-15(11-17)12-21;1-13(2)18-21-19(16-9-5-7-14(3)11-16)23-20(22-18)17-10-6-8-15(4)12-17;1-13(2)18-21-19(16-11-7-5-9-14(16)3)23-20(22-18)17-12-8-6-10-15(17)4;1-12(2)17-21-18(14-7-4-6-13(3)10-14)23-19(22-17)15-8-5-9-16(20)11-15/h5-13H,1-3H3;4-11,13H,1-3H3;2*5-13H,1-4H3;4-12H,1-3H3. The Hall–Kier alpha value is -13.8. The van der Waals surface area contributed by atoms with Crippen LogP contribution in [0.3, 0.4) is 0 Å². The molecule has 18 heteroatoms. The quantitative estimate of drug-likeness (QED) is 0.0871. The van der Waals surface area contributed by atoms with E-state index in [1.54, 1.807) is 30.3 Å². The molecule has 17 nitrogen and oxygen atoms in total. The van der Waals surface area contributed by atoms with E-state index in [9.17, 15) is 4.39 Å². The summed E-state index contributed by atoms with van der Waals surface area (Å²) in [5, 5.41) is 9.11. The number of benzene rings is 10. The Morgan fingerprint density at radius 3 is 0.821 bits per heavy atom. The third kappa shape index (κ3) is 22.8. The zero-order valence-electron chi connectivity index (χ0n) is 69.5. The Morgan fingerprint density at radius 2 is 0.530 bits per heavy atom. The summed E-state index contributed by atoms with van der Waals surface area (Å²) in [6.07, 6.45) is 0. The van der Waals surface area contributed by atoms with E-state index in [1.807, 2.05) is 161 Å². The second-order valence-corrected chi connectivity index (χ2v) is 30.3. The van der Waals surface area contributed by atoms with Crippen molar-refractivity contribution in [2.75, 3.05) is 0 Å². The molecule has 0 saturated carbocycles. The van der Waals surface area contributed by atoms with Crippen LogP contribution in [-0.2, 0) is 0 Å². The summed E-state index contributed by atoms with van der Waals surface area (Å²) in [6.45, 7) is 42.3. The lowest BCUT2D eigenvalue weighted by atomic mass is 10.1. The normalized spacial score (nSPS) is 10.8. The zero-order chi connectivity index (χ0) is 83.4. The van der Waals surface area contributed by atoms with Crippen molar-refractivity contribution in [3.63, 3.8) is 0 Å². The number of hydrogen-bond donors (Lipinski definition) is 0. The van der Waals surface area contributed by atoms with Crippen molar-refractivity contribution in [1.29, 1.82) is 5.26 Å². The van der Waals surface area contributed by atoms with Crippen LogP contribution in [0, 0.1) is 72.2 Å². The number of rotatable bonds is 15. The lowest BCUT2D eigenvalue weighted by molar-refractivity contribution is 0.628. The van der Waals surface area contributed by atoms with Crippen LogP contribution in [0.15, 0.2) is 243 Å². The highest BCUT2D eigenvalue weighted by Crippen LogP contribution is 2.32. The molecule has 5 aromatic heterocycles. The molecule has 117 heavy (non-hydrogen) atoms. The number of nitrogens with zero attached hydrogens (tertiary/aromatic N) is 17. The fourth-order valence-electron chi connectivity index (χ4n) is 12.1. The van der Waals surface area contributed by atoms with E-state index in [0.717, 1.165) is 108 Å². The van der Waals surface area contributed by atoms with Gasteiger partial charge >= 0.3 is 0 Å². The van der Waals surface area contributed by atoms with Crippen molar-refractivity contribution in [1.82, 2.24) is 74.8 Å². The lowest BCUT2D eigenvalue weighted by Crippen LogP contribution is -2.05. The van der Waals surface area contributed by atoms with Crippen molar-refractivity contribution >= 4 is 5.69 Å². The van der Waals surface area contributed by atoms with Crippen LogP contribution < -0.4 is 0 Å². The number of aromatic nitrogens is 15. The second-order valence-electron chi connectivity index (χ2n) is 30.3. The first-order valence-corrected chi connectivity index (χ1v) is 39.3. The molecule has 0 unspecified atom stereocenters. The summed E-state index contributed by atoms with van der Waals surface area (Å²) >= 11 is 0. The first kappa shape index (κ1) is 84.1. The van der Waals surface area contributed by atoms with E-state index in [2.05, 4.69) is 222 Å². The van der Waals surface area contributed by atoms with Crippen molar-refractivity contribution in [2.24, 2.45) is 0 Å². The molecule has 0 fully saturated rings. The average molecular weight is 1540 g/mol. The molecule has 5 heterocycles. The molecule has 15 rings (SSSR count). The van der Waals surface area contributed by atoms with Gasteiger partial charge in [-0.3, -0.25) is 0 Å². The van der Waals surface area contributed by atoms with Gasteiger partial charge in [0.25, 0.3) is 0 Å². The molecule has 0 aliphatic carbocycles. The van der Waals surface area contributed by atoms with Gasteiger partial charge in [-0.1, -0.05) is 291 Å². The highest BCUT2D eigenvalue weighted by Gasteiger charge is 2.20. The minimum absolute atomic E-state index is 0.161. The Bertz CT molecular complexity index is 5710. The number of nitriles is 1. The van der Waals surface area contributed by atoms with E-state index >= 15 is 0 Å². The van der Waals surface area contributed by atoms with Crippen LogP contribution in [0.4, 0.5) is 10.1 Å². The van der Waals surface area contributed by atoms with Crippen LogP contribution in [0.25, 0.3) is 119 Å². The summed E-state index contributed by atoms with van der Waals surface area (Å²) in [6, 6.07) is 80.4. The molecular weight excluding hydrogens is 1450 g/mol. The van der Waals surface area contributed by atoms with Gasteiger partial charge in [0.1, 0.15) is 34.9 Å². The molecule has 0 aliphatic heterocycles. The molecule has 0 radical (unpaired) electrons. The van der Waals surface area contributed by atoms with Crippen molar-refractivity contribution in [3.8, 4) is 120 Å². The molecule has 584 valence electrons. The topological polar surface area (TPSA) is 221 Å². The summed E-state index contributed by atoms with van der Waals surface area (Å²) < 4.78 is 13.5. The van der Waals surface area contributed by atoms with Gasteiger partial charge in [0.2, 0.25) is 0 Å². The summed E-state index contributed by atoms with van der Waals surface area (Å²) in [4.78, 5) is 73.0. The Morgan fingerprint density at radius 1 is 0.265 bits per heavy atom. The molecule has 0 bridgehead atoms. The summed E-state index contributed by atoms with van der Waals surface area (Å²) in [7, 11) is 0. The van der Waals surface area contributed by atoms with Gasteiger partial charge in [-0.15, -0.1) is 0 Å². The fraction of sp³-hybridized carbons (Fsp3) is 0.222. The molecular formula is C99H96FN17. The molecule has 0 saturated heterocycles. The Balaban J connectivity index is 0.000000144. The van der Waals surface area contributed by atoms with E-state index in [4.69, 9.17) is 31.8 Å². The Labute approximate surface area is 686 Å². The molecule has 15 aromatic rings. The highest BCUT2D eigenvalue weighted by atomic mass is 19.1. The number of hydrogen-bond acceptors (Lipinski definition) is 16. The van der Waals surface area contributed by atoms with Crippen LogP contribution in [0.5, 0.6) is 0 Å². The molecule has 0 aliphatic rings. The maximum Gasteiger partial charge on any atom is 0.187 e. The smallest absolute Gasteiger partial charge is 0.187 e. The minimum Gasteiger partial charge on any atom is -0.238 e. The van der Waals surface area contributed by atoms with Crippen LogP contribution >= 0.6 is 0 Å². The predicted octanol–water partition coefficient (Wildman–Crippen LogP) is 24.4. The van der Waals surface area contributed by atoms with E-state index in [1.165, 1.54) is 39.9 Å². The SMILES string of the molecule is Cc1cccc(-c2nc(-c3cccc(C#N)c3)nc(C(C)C)n2)c1.Cc1cccc(-c2nc(-c3cccc(C)c3)nc(C(C)C)n2)c1.Cc1cccc(-c2nc(-c3cccc(F)c3)nc(C(C)C)n2)c1.Cc1ccccc1-c1nc(-c2ccccc2C)nc(C(C)C)n1.[C-]#[N+]c1ccc(-c2nc(-c3ccc(C)cc3)nc(C(C)C)n2)cc1. The lowest BCUT2D eigenvalue weighted by Gasteiger charge is -2.12. The van der Waals surface area contributed by atoms with Gasteiger partial charge in [-0.25, -0.2) is 84.0 Å². The first-order valence-electron chi connectivity index (χ1n) is 39.3. The minimum atomic E-state index is -0.300. The molecule has 10 aromatic carbocycles. The molecule has 0 amide bonds. The highest BCUT2D eigenvalue weighted by molar-refractivity contribution is 5.69. The predicted molar refractivity (Wildman–Crippen MR) is 468 cm³/mol. The van der Waals surface area contributed by atoms with E-state index < -0.39 is 0 Å². The Kier molecular flexibility index (Phi) is 28.2. The monoisotopic (exact) mass is 1540 g/mol. The maximum atomic E-state index is 13.5.